The lowest BCUT2D eigenvalue weighted by Crippen LogP contribution is -2.44. The van der Waals surface area contributed by atoms with Crippen LogP contribution in [0.1, 0.15) is 35.6 Å². The number of sulfonamides is 1. The maximum atomic E-state index is 12.9. The normalized spacial score (nSPS) is 16.9. The average molecular weight is 434 g/mol. The summed E-state index contributed by atoms with van der Waals surface area (Å²) in [5.74, 6) is -0.414. The molecule has 1 aromatic carbocycles. The molecule has 1 aliphatic rings. The number of benzene rings is 1. The van der Waals surface area contributed by atoms with Gasteiger partial charge in [0, 0.05) is 25.5 Å². The number of hydrogen-bond donors (Lipinski definition) is 1. The van der Waals surface area contributed by atoms with Gasteiger partial charge in [0.2, 0.25) is 16.4 Å². The highest BCUT2D eigenvalue weighted by Gasteiger charge is 2.33. The van der Waals surface area contributed by atoms with E-state index in [-0.39, 0.29) is 12.5 Å². The summed E-state index contributed by atoms with van der Waals surface area (Å²) in [5.41, 5.74) is 2.73. The van der Waals surface area contributed by atoms with Gasteiger partial charge in [-0.1, -0.05) is 35.9 Å². The SMILES string of the molecule is Cc1ccc(COC2CCN(S(=O)(=O)CC(c3cccnc3)N(O)C=O)CC2)cc1. The Kier molecular flexibility index (Phi) is 7.54. The number of piperidine rings is 1. The van der Waals surface area contributed by atoms with Crippen molar-refractivity contribution in [2.45, 2.75) is 38.5 Å². The monoisotopic (exact) mass is 433 g/mol. The Bertz CT molecular complexity index is 913. The number of aromatic nitrogens is 1. The zero-order valence-corrected chi connectivity index (χ0v) is 17.7. The molecule has 1 unspecified atom stereocenters. The van der Waals surface area contributed by atoms with Crippen molar-refractivity contribution in [3.63, 3.8) is 0 Å². The molecule has 8 nitrogen and oxygen atoms in total. The van der Waals surface area contributed by atoms with Gasteiger partial charge in [0.15, 0.2) is 0 Å². The summed E-state index contributed by atoms with van der Waals surface area (Å²) >= 11 is 0. The van der Waals surface area contributed by atoms with Crippen LogP contribution in [0.25, 0.3) is 0 Å². The molecule has 9 heteroatoms. The molecular formula is C21H27N3O5S. The van der Waals surface area contributed by atoms with Crippen LogP contribution in [-0.2, 0) is 26.2 Å². The molecule has 1 atom stereocenters. The molecule has 2 heterocycles. The first-order valence-electron chi connectivity index (χ1n) is 9.86. The lowest BCUT2D eigenvalue weighted by Gasteiger charge is -2.33. The van der Waals surface area contributed by atoms with Crippen LogP contribution < -0.4 is 0 Å². The maximum Gasteiger partial charge on any atom is 0.233 e. The summed E-state index contributed by atoms with van der Waals surface area (Å²) < 4.78 is 33.2. The molecule has 1 amide bonds. The zero-order chi connectivity index (χ0) is 21.6. The van der Waals surface area contributed by atoms with Gasteiger partial charge >= 0.3 is 0 Å². The maximum absolute atomic E-state index is 12.9. The molecule has 3 rings (SSSR count). The molecule has 1 N–H and O–H groups in total. The molecule has 30 heavy (non-hydrogen) atoms. The third-order valence-electron chi connectivity index (χ3n) is 5.27. The predicted octanol–water partition coefficient (Wildman–Crippen LogP) is 2.29. The van der Waals surface area contributed by atoms with Gasteiger partial charge in [-0.25, -0.2) is 17.8 Å². The first-order chi connectivity index (χ1) is 14.4. The Morgan fingerprint density at radius 3 is 2.57 bits per heavy atom. The van der Waals surface area contributed by atoms with Gasteiger partial charge < -0.3 is 4.74 Å². The van der Waals surface area contributed by atoms with Crippen molar-refractivity contribution in [3.8, 4) is 0 Å². The highest BCUT2D eigenvalue weighted by atomic mass is 32.2. The smallest absolute Gasteiger partial charge is 0.233 e. The second-order valence-electron chi connectivity index (χ2n) is 7.46. The Hall–Kier alpha value is -2.33. The fourth-order valence-corrected chi connectivity index (χ4v) is 5.17. The zero-order valence-electron chi connectivity index (χ0n) is 16.9. The largest absolute Gasteiger partial charge is 0.373 e. The summed E-state index contributed by atoms with van der Waals surface area (Å²) in [6.07, 6.45) is 4.38. The highest BCUT2D eigenvalue weighted by Crippen LogP contribution is 2.24. The minimum absolute atomic E-state index is 0.00353. The summed E-state index contributed by atoms with van der Waals surface area (Å²) in [6.45, 7) is 3.21. The molecule has 0 bridgehead atoms. The topological polar surface area (TPSA) is 100 Å². The number of pyridine rings is 1. The summed E-state index contributed by atoms with van der Waals surface area (Å²) in [5, 5.41) is 10.3. The van der Waals surface area contributed by atoms with E-state index in [0.717, 1.165) is 5.56 Å². The Morgan fingerprint density at radius 2 is 1.97 bits per heavy atom. The molecule has 0 spiro atoms. The van der Waals surface area contributed by atoms with E-state index in [9.17, 15) is 18.4 Å². The Labute approximate surface area is 177 Å². The number of carbonyl (C=O) groups excluding carboxylic acids is 1. The van der Waals surface area contributed by atoms with Gasteiger partial charge in [-0.15, -0.1) is 0 Å². The fraction of sp³-hybridized carbons (Fsp3) is 0.429. The molecule has 1 aliphatic heterocycles. The summed E-state index contributed by atoms with van der Waals surface area (Å²) in [7, 11) is -3.69. The van der Waals surface area contributed by atoms with E-state index in [1.165, 1.54) is 16.1 Å². The Balaban J connectivity index is 1.56. The van der Waals surface area contributed by atoms with Crippen LogP contribution in [0.3, 0.4) is 0 Å². The number of nitrogens with zero attached hydrogens (tertiary/aromatic N) is 3. The summed E-state index contributed by atoms with van der Waals surface area (Å²) in [6, 6.07) is 10.4. The quantitative estimate of drug-likeness (QED) is 0.370. The van der Waals surface area contributed by atoms with E-state index in [1.807, 2.05) is 31.2 Å². The second-order valence-corrected chi connectivity index (χ2v) is 9.47. The van der Waals surface area contributed by atoms with E-state index in [1.54, 1.807) is 18.3 Å². The van der Waals surface area contributed by atoms with Gasteiger partial charge in [-0.05, 0) is 37.0 Å². The van der Waals surface area contributed by atoms with Crippen molar-refractivity contribution in [3.05, 3.63) is 65.5 Å². The van der Waals surface area contributed by atoms with Gasteiger partial charge in [-0.3, -0.25) is 15.0 Å². The lowest BCUT2D eigenvalue weighted by molar-refractivity contribution is -0.159. The van der Waals surface area contributed by atoms with Gasteiger partial charge in [0.25, 0.3) is 0 Å². The lowest BCUT2D eigenvalue weighted by atomic mass is 10.1. The van der Waals surface area contributed by atoms with Crippen molar-refractivity contribution in [1.29, 1.82) is 0 Å². The molecule has 0 radical (unpaired) electrons. The van der Waals surface area contributed by atoms with Crippen LogP contribution in [-0.4, -0.2) is 59.3 Å². The van der Waals surface area contributed by atoms with Crippen molar-refractivity contribution in [2.75, 3.05) is 18.8 Å². The number of carbonyl (C=O) groups is 1. The molecule has 1 fully saturated rings. The minimum Gasteiger partial charge on any atom is -0.373 e. The molecule has 1 aromatic heterocycles. The number of hydrogen-bond acceptors (Lipinski definition) is 6. The number of hydroxylamine groups is 2. The van der Waals surface area contributed by atoms with Gasteiger partial charge in [0.1, 0.15) is 6.04 Å². The fourth-order valence-electron chi connectivity index (χ4n) is 3.45. The molecule has 0 aliphatic carbocycles. The van der Waals surface area contributed by atoms with E-state index in [4.69, 9.17) is 4.74 Å². The van der Waals surface area contributed by atoms with Gasteiger partial charge in [0.05, 0.1) is 18.5 Å². The first-order valence-corrected chi connectivity index (χ1v) is 11.5. The number of amides is 1. The van der Waals surface area contributed by atoms with Crippen molar-refractivity contribution in [1.82, 2.24) is 14.4 Å². The van der Waals surface area contributed by atoms with E-state index < -0.39 is 21.8 Å². The first kappa shape index (κ1) is 22.4. The van der Waals surface area contributed by atoms with Gasteiger partial charge in [-0.2, -0.15) is 0 Å². The number of aryl methyl sites for hydroxylation is 1. The van der Waals surface area contributed by atoms with Crippen molar-refractivity contribution in [2.24, 2.45) is 0 Å². The molecule has 162 valence electrons. The standard InChI is InChI=1S/C21H27N3O5S/c1-17-4-6-18(7-5-17)14-29-20-8-11-23(12-9-20)30(27,28)15-21(24(26)16-25)19-3-2-10-22-13-19/h2-7,10,13,16,20-21,26H,8-9,11-12,14-15H2,1H3. The molecule has 1 saturated heterocycles. The third kappa shape index (κ3) is 5.85. The average Bonchev–Trinajstić information content (AvgIpc) is 2.77. The number of ether oxygens (including phenoxy) is 1. The minimum atomic E-state index is -3.69. The molecule has 2 aromatic rings. The van der Waals surface area contributed by atoms with E-state index >= 15 is 0 Å². The Morgan fingerprint density at radius 1 is 1.27 bits per heavy atom. The molecule has 0 saturated carbocycles. The van der Waals surface area contributed by atoms with Crippen LogP contribution in [0.15, 0.2) is 48.8 Å². The molecular weight excluding hydrogens is 406 g/mol. The highest BCUT2D eigenvalue weighted by molar-refractivity contribution is 7.89. The second kappa shape index (κ2) is 10.1. The van der Waals surface area contributed by atoms with Crippen molar-refractivity contribution < 1.29 is 23.2 Å². The number of rotatable bonds is 9. The van der Waals surface area contributed by atoms with Crippen LogP contribution in [0.4, 0.5) is 0 Å². The van der Waals surface area contributed by atoms with Crippen LogP contribution in [0.2, 0.25) is 0 Å². The van der Waals surface area contributed by atoms with Crippen LogP contribution in [0.5, 0.6) is 0 Å². The van der Waals surface area contributed by atoms with Crippen LogP contribution in [0, 0.1) is 6.92 Å². The predicted molar refractivity (Wildman–Crippen MR) is 111 cm³/mol. The van der Waals surface area contributed by atoms with Crippen molar-refractivity contribution >= 4 is 16.4 Å². The van der Waals surface area contributed by atoms with E-state index in [0.29, 0.717) is 43.2 Å². The van der Waals surface area contributed by atoms with E-state index in [2.05, 4.69) is 4.98 Å². The summed E-state index contributed by atoms with van der Waals surface area (Å²) in [4.78, 5) is 15.0. The third-order valence-corrected chi connectivity index (χ3v) is 7.15. The van der Waals surface area contributed by atoms with Crippen LogP contribution >= 0.6 is 0 Å².